The first-order valence-corrected chi connectivity index (χ1v) is 8.59. The standard InChI is InChI=1S/C18H19N7/c1-10-8-19-16-15(10)17(21-12-3-2-4-12)24-18(23-16)22-13-6-5-11-9-20-25-14(11)7-13/h5-9,12H,2-4H2,1H3,(H,20,25)(H3,19,21,22,23,24). The van der Waals surface area contributed by atoms with Crippen molar-refractivity contribution < 1.29 is 0 Å². The van der Waals surface area contributed by atoms with Gasteiger partial charge in [0.1, 0.15) is 11.5 Å². The van der Waals surface area contributed by atoms with Crippen LogP contribution in [0.4, 0.5) is 17.5 Å². The first-order valence-electron chi connectivity index (χ1n) is 8.59. The number of rotatable bonds is 4. The van der Waals surface area contributed by atoms with E-state index in [9.17, 15) is 0 Å². The zero-order valence-corrected chi connectivity index (χ0v) is 13.9. The van der Waals surface area contributed by atoms with Crippen LogP contribution in [0, 0.1) is 6.92 Å². The van der Waals surface area contributed by atoms with Crippen molar-refractivity contribution in [2.75, 3.05) is 10.6 Å². The molecule has 1 aliphatic carbocycles. The summed E-state index contributed by atoms with van der Waals surface area (Å²) < 4.78 is 0. The van der Waals surface area contributed by atoms with Gasteiger partial charge in [-0.2, -0.15) is 15.1 Å². The molecule has 0 saturated heterocycles. The summed E-state index contributed by atoms with van der Waals surface area (Å²) in [6.07, 6.45) is 7.48. The van der Waals surface area contributed by atoms with E-state index >= 15 is 0 Å². The largest absolute Gasteiger partial charge is 0.367 e. The van der Waals surface area contributed by atoms with Gasteiger partial charge in [-0.05, 0) is 49.9 Å². The monoisotopic (exact) mass is 333 g/mol. The fourth-order valence-corrected chi connectivity index (χ4v) is 3.24. The summed E-state index contributed by atoms with van der Waals surface area (Å²) in [5, 5.41) is 16.1. The molecule has 1 aliphatic rings. The lowest BCUT2D eigenvalue weighted by Crippen LogP contribution is -2.27. The van der Waals surface area contributed by atoms with E-state index in [2.05, 4.69) is 37.7 Å². The van der Waals surface area contributed by atoms with Crippen molar-refractivity contribution in [2.24, 2.45) is 0 Å². The minimum Gasteiger partial charge on any atom is -0.367 e. The lowest BCUT2D eigenvalue weighted by atomic mass is 9.93. The highest BCUT2D eigenvalue weighted by Crippen LogP contribution is 2.30. The molecule has 0 unspecified atom stereocenters. The number of fused-ring (bicyclic) bond motifs is 2. The van der Waals surface area contributed by atoms with Crippen molar-refractivity contribution in [3.05, 3.63) is 36.2 Å². The molecule has 1 saturated carbocycles. The molecule has 25 heavy (non-hydrogen) atoms. The molecule has 0 aliphatic heterocycles. The minimum atomic E-state index is 0.515. The maximum absolute atomic E-state index is 4.74. The predicted molar refractivity (Wildman–Crippen MR) is 99.3 cm³/mol. The minimum absolute atomic E-state index is 0.515. The van der Waals surface area contributed by atoms with Gasteiger partial charge in [-0.1, -0.05) is 0 Å². The second-order valence-electron chi connectivity index (χ2n) is 6.66. The Morgan fingerprint density at radius 2 is 2.12 bits per heavy atom. The highest BCUT2D eigenvalue weighted by atomic mass is 15.2. The lowest BCUT2D eigenvalue weighted by Gasteiger charge is -2.27. The van der Waals surface area contributed by atoms with Gasteiger partial charge < -0.3 is 15.6 Å². The van der Waals surface area contributed by atoms with E-state index in [1.54, 1.807) is 0 Å². The van der Waals surface area contributed by atoms with Gasteiger partial charge in [-0.25, -0.2) is 0 Å². The Morgan fingerprint density at radius 3 is 2.96 bits per heavy atom. The van der Waals surface area contributed by atoms with Gasteiger partial charge in [0.15, 0.2) is 0 Å². The topological polar surface area (TPSA) is 94.3 Å². The molecule has 0 bridgehead atoms. The number of H-pyrrole nitrogens is 2. The summed E-state index contributed by atoms with van der Waals surface area (Å²) in [5.74, 6) is 1.48. The molecule has 1 aromatic carbocycles. The molecule has 3 aromatic heterocycles. The van der Waals surface area contributed by atoms with Crippen LogP contribution in [0.25, 0.3) is 21.9 Å². The van der Waals surface area contributed by atoms with Crippen molar-refractivity contribution in [1.29, 1.82) is 0 Å². The maximum Gasteiger partial charge on any atom is 0.231 e. The number of nitrogens with zero attached hydrogens (tertiary/aromatic N) is 3. The number of hydrogen-bond acceptors (Lipinski definition) is 5. The molecule has 1 fully saturated rings. The van der Waals surface area contributed by atoms with Crippen molar-refractivity contribution in [1.82, 2.24) is 25.1 Å². The molecule has 4 N–H and O–H groups in total. The number of hydrogen-bond donors (Lipinski definition) is 4. The summed E-state index contributed by atoms with van der Waals surface area (Å²) in [7, 11) is 0. The lowest BCUT2D eigenvalue weighted by molar-refractivity contribution is 0.445. The molecular weight excluding hydrogens is 314 g/mol. The van der Waals surface area contributed by atoms with E-state index in [0.717, 1.165) is 39.0 Å². The van der Waals surface area contributed by atoms with Crippen LogP contribution >= 0.6 is 0 Å². The molecule has 0 amide bonds. The third-order valence-electron chi connectivity index (χ3n) is 4.87. The van der Waals surface area contributed by atoms with Gasteiger partial charge >= 0.3 is 0 Å². The number of anilines is 3. The second-order valence-corrected chi connectivity index (χ2v) is 6.66. The van der Waals surface area contributed by atoms with Crippen LogP contribution in [0.5, 0.6) is 0 Å². The summed E-state index contributed by atoms with van der Waals surface area (Å²) in [5.41, 5.74) is 3.91. The molecule has 4 aromatic rings. The maximum atomic E-state index is 4.74. The SMILES string of the molecule is Cc1c[nH]c2nc(Nc3ccc4cn[nH]c4c3)nc(NC3CCC3)c12. The summed E-state index contributed by atoms with van der Waals surface area (Å²) >= 11 is 0. The average Bonchev–Trinajstić information content (AvgIpc) is 3.17. The van der Waals surface area contributed by atoms with E-state index in [1.165, 1.54) is 19.3 Å². The Morgan fingerprint density at radius 1 is 1.20 bits per heavy atom. The van der Waals surface area contributed by atoms with Gasteiger partial charge in [0.25, 0.3) is 0 Å². The van der Waals surface area contributed by atoms with Gasteiger partial charge in [-0.15, -0.1) is 0 Å². The third-order valence-corrected chi connectivity index (χ3v) is 4.87. The van der Waals surface area contributed by atoms with Crippen LogP contribution in [0.1, 0.15) is 24.8 Å². The summed E-state index contributed by atoms with van der Waals surface area (Å²) in [6.45, 7) is 2.08. The van der Waals surface area contributed by atoms with Crippen molar-refractivity contribution >= 4 is 39.4 Å². The highest BCUT2D eigenvalue weighted by Gasteiger charge is 2.20. The first-order chi connectivity index (χ1) is 12.3. The van der Waals surface area contributed by atoms with Crippen LogP contribution in [0.15, 0.2) is 30.6 Å². The van der Waals surface area contributed by atoms with Gasteiger partial charge in [0.2, 0.25) is 5.95 Å². The fourth-order valence-electron chi connectivity index (χ4n) is 3.24. The number of nitrogens with one attached hydrogen (secondary N) is 4. The molecule has 5 rings (SSSR count). The van der Waals surface area contributed by atoms with E-state index in [0.29, 0.717) is 12.0 Å². The quantitative estimate of drug-likeness (QED) is 0.455. The Labute approximate surface area is 144 Å². The number of aromatic nitrogens is 5. The first kappa shape index (κ1) is 14.3. The van der Waals surface area contributed by atoms with E-state index in [-0.39, 0.29) is 0 Å². The van der Waals surface area contributed by atoms with Crippen LogP contribution in [-0.2, 0) is 0 Å². The van der Waals surface area contributed by atoms with Crippen molar-refractivity contribution in [3.63, 3.8) is 0 Å². The van der Waals surface area contributed by atoms with Crippen molar-refractivity contribution in [3.8, 4) is 0 Å². The molecule has 0 radical (unpaired) electrons. The van der Waals surface area contributed by atoms with Gasteiger partial charge in [0, 0.05) is 23.3 Å². The Kier molecular flexibility index (Phi) is 3.12. The summed E-state index contributed by atoms with van der Waals surface area (Å²) in [6, 6.07) is 6.55. The zero-order chi connectivity index (χ0) is 16.8. The van der Waals surface area contributed by atoms with Crippen LogP contribution in [0.2, 0.25) is 0 Å². The predicted octanol–water partition coefficient (Wildman–Crippen LogP) is 3.85. The molecule has 3 heterocycles. The van der Waals surface area contributed by atoms with E-state index in [4.69, 9.17) is 4.98 Å². The smallest absolute Gasteiger partial charge is 0.231 e. The molecule has 0 atom stereocenters. The second kappa shape index (κ2) is 5.47. The highest BCUT2D eigenvalue weighted by molar-refractivity contribution is 5.92. The number of benzene rings is 1. The summed E-state index contributed by atoms with van der Waals surface area (Å²) in [4.78, 5) is 12.6. The third kappa shape index (κ3) is 2.48. The Bertz CT molecular complexity index is 1060. The van der Waals surface area contributed by atoms with Gasteiger partial charge in [-0.3, -0.25) is 5.10 Å². The van der Waals surface area contributed by atoms with E-state index in [1.807, 2.05) is 30.6 Å². The molecule has 7 heteroatoms. The van der Waals surface area contributed by atoms with E-state index < -0.39 is 0 Å². The molecule has 126 valence electrons. The van der Waals surface area contributed by atoms with Crippen LogP contribution < -0.4 is 10.6 Å². The average molecular weight is 333 g/mol. The Balaban J connectivity index is 1.53. The molecule has 7 nitrogen and oxygen atoms in total. The molecule has 0 spiro atoms. The zero-order valence-electron chi connectivity index (χ0n) is 13.9. The van der Waals surface area contributed by atoms with Crippen LogP contribution in [-0.4, -0.2) is 31.2 Å². The molecular formula is C18H19N7. The van der Waals surface area contributed by atoms with Crippen LogP contribution in [0.3, 0.4) is 0 Å². The number of aryl methyl sites for hydroxylation is 1. The Hall–Kier alpha value is -3.09. The fraction of sp³-hybridized carbons (Fsp3) is 0.278. The normalized spacial score (nSPS) is 14.8. The number of aromatic amines is 2. The van der Waals surface area contributed by atoms with Crippen molar-refractivity contribution in [2.45, 2.75) is 32.2 Å². The van der Waals surface area contributed by atoms with Gasteiger partial charge in [0.05, 0.1) is 17.1 Å².